The Bertz CT molecular complexity index is 561. The molecule has 2 rings (SSSR count). The van der Waals surface area contributed by atoms with Crippen LogP contribution in [0.2, 0.25) is 5.02 Å². The number of halogens is 1. The Morgan fingerprint density at radius 2 is 2.00 bits per heavy atom. The quantitative estimate of drug-likeness (QED) is 0.779. The maximum atomic E-state index is 8.51. The second kappa shape index (κ2) is 4.69. The van der Waals surface area contributed by atoms with Crippen molar-refractivity contribution in [1.29, 1.82) is 5.26 Å². The third-order valence-electron chi connectivity index (χ3n) is 2.28. The van der Waals surface area contributed by atoms with Gasteiger partial charge in [-0.25, -0.2) is 0 Å². The lowest BCUT2D eigenvalue weighted by atomic mass is 10.0. The zero-order valence-electron chi connectivity index (χ0n) is 8.44. The molecule has 0 amide bonds. The van der Waals surface area contributed by atoms with E-state index in [1.807, 2.05) is 42.7 Å². The summed E-state index contributed by atoms with van der Waals surface area (Å²) in [4.78, 5) is 3.01. The molecule has 0 fully saturated rings. The molecule has 0 saturated heterocycles. The van der Waals surface area contributed by atoms with Crippen molar-refractivity contribution in [3.8, 4) is 17.2 Å². The molecule has 1 aromatic carbocycles. The van der Waals surface area contributed by atoms with E-state index in [9.17, 15) is 0 Å². The number of aromatic nitrogens is 1. The van der Waals surface area contributed by atoms with E-state index in [1.165, 1.54) is 6.08 Å². The van der Waals surface area contributed by atoms with E-state index >= 15 is 0 Å². The number of aromatic amines is 1. The Kier molecular flexibility index (Phi) is 3.09. The standard InChI is InChI=1S/C13H9ClN2/c14-13-6-2-1-5-11(13)12-9-16-8-10(12)4-3-7-15/h1-6,8-9,16H/b4-3+. The van der Waals surface area contributed by atoms with Crippen LogP contribution in [-0.2, 0) is 0 Å². The summed E-state index contributed by atoms with van der Waals surface area (Å²) < 4.78 is 0. The van der Waals surface area contributed by atoms with E-state index in [2.05, 4.69) is 4.98 Å². The fourth-order valence-corrected chi connectivity index (χ4v) is 1.79. The van der Waals surface area contributed by atoms with Gasteiger partial charge in [-0.05, 0) is 12.1 Å². The minimum atomic E-state index is 0.703. The first-order chi connectivity index (χ1) is 7.83. The normalized spacial score (nSPS) is 10.5. The van der Waals surface area contributed by atoms with Crippen LogP contribution in [0.1, 0.15) is 5.56 Å². The number of nitrogens with one attached hydrogen (secondary N) is 1. The van der Waals surface area contributed by atoms with E-state index in [1.54, 1.807) is 6.08 Å². The topological polar surface area (TPSA) is 39.6 Å². The van der Waals surface area contributed by atoms with E-state index in [-0.39, 0.29) is 0 Å². The maximum absolute atomic E-state index is 8.51. The smallest absolute Gasteiger partial charge is 0.0912 e. The van der Waals surface area contributed by atoms with Crippen LogP contribution < -0.4 is 0 Å². The molecule has 2 aromatic rings. The third-order valence-corrected chi connectivity index (χ3v) is 2.61. The van der Waals surface area contributed by atoms with Crippen LogP contribution in [-0.4, -0.2) is 4.98 Å². The Balaban J connectivity index is 2.50. The average molecular weight is 229 g/mol. The van der Waals surface area contributed by atoms with Gasteiger partial charge in [-0.3, -0.25) is 0 Å². The molecule has 0 saturated carbocycles. The molecule has 2 nitrogen and oxygen atoms in total. The van der Waals surface area contributed by atoms with Crippen LogP contribution >= 0.6 is 11.6 Å². The van der Waals surface area contributed by atoms with Crippen LogP contribution in [0.15, 0.2) is 42.7 Å². The molecule has 16 heavy (non-hydrogen) atoms. The van der Waals surface area contributed by atoms with Crippen LogP contribution in [0.4, 0.5) is 0 Å². The molecule has 0 unspecified atom stereocenters. The molecule has 1 N–H and O–H groups in total. The van der Waals surface area contributed by atoms with Crippen LogP contribution in [0.5, 0.6) is 0 Å². The first kappa shape index (κ1) is 10.5. The predicted molar refractivity (Wildman–Crippen MR) is 65.9 cm³/mol. The molecule has 0 aliphatic heterocycles. The Hall–Kier alpha value is -1.98. The average Bonchev–Trinajstić information content (AvgIpc) is 2.75. The first-order valence-corrected chi connectivity index (χ1v) is 5.18. The van der Waals surface area contributed by atoms with Gasteiger partial charge in [0.05, 0.1) is 6.07 Å². The number of hydrogen-bond acceptors (Lipinski definition) is 1. The number of H-pyrrole nitrogens is 1. The Morgan fingerprint density at radius 1 is 1.19 bits per heavy atom. The van der Waals surface area contributed by atoms with Crippen molar-refractivity contribution in [2.45, 2.75) is 0 Å². The van der Waals surface area contributed by atoms with Gasteiger partial charge in [-0.15, -0.1) is 0 Å². The molecule has 1 aromatic heterocycles. The van der Waals surface area contributed by atoms with Gasteiger partial charge in [0.1, 0.15) is 0 Å². The molecule has 0 aliphatic rings. The van der Waals surface area contributed by atoms with E-state index < -0.39 is 0 Å². The summed E-state index contributed by atoms with van der Waals surface area (Å²) in [6, 6.07) is 9.60. The minimum absolute atomic E-state index is 0.703. The van der Waals surface area contributed by atoms with Crippen LogP contribution in [0.3, 0.4) is 0 Å². The van der Waals surface area contributed by atoms with Gasteiger partial charge in [-0.1, -0.05) is 29.8 Å². The summed E-state index contributed by atoms with van der Waals surface area (Å²) in [5, 5.41) is 9.21. The number of benzene rings is 1. The molecule has 0 spiro atoms. The largest absolute Gasteiger partial charge is 0.366 e. The van der Waals surface area contributed by atoms with Crippen molar-refractivity contribution in [3.05, 3.63) is 53.3 Å². The third kappa shape index (κ3) is 2.00. The van der Waals surface area contributed by atoms with Gasteiger partial charge in [0, 0.05) is 40.2 Å². The second-order valence-corrected chi connectivity index (χ2v) is 3.67. The summed E-state index contributed by atoms with van der Waals surface area (Å²) in [6.07, 6.45) is 6.92. The molecular formula is C13H9ClN2. The summed E-state index contributed by atoms with van der Waals surface area (Å²) in [5.41, 5.74) is 2.91. The number of nitrogens with zero attached hydrogens (tertiary/aromatic N) is 1. The van der Waals surface area contributed by atoms with Gasteiger partial charge < -0.3 is 4.98 Å². The second-order valence-electron chi connectivity index (χ2n) is 3.27. The zero-order valence-corrected chi connectivity index (χ0v) is 9.20. The fraction of sp³-hybridized carbons (Fsp3) is 0. The lowest BCUT2D eigenvalue weighted by molar-refractivity contribution is 1.41. The minimum Gasteiger partial charge on any atom is -0.366 e. The highest BCUT2D eigenvalue weighted by molar-refractivity contribution is 6.33. The van der Waals surface area contributed by atoms with Crippen LogP contribution in [0.25, 0.3) is 17.2 Å². The molecule has 0 bridgehead atoms. The van der Waals surface area contributed by atoms with Crippen molar-refractivity contribution < 1.29 is 0 Å². The van der Waals surface area contributed by atoms with Crippen molar-refractivity contribution in [1.82, 2.24) is 4.98 Å². The number of allylic oxidation sites excluding steroid dienone is 1. The molecule has 3 heteroatoms. The highest BCUT2D eigenvalue weighted by atomic mass is 35.5. The van der Waals surface area contributed by atoms with Crippen molar-refractivity contribution in [2.24, 2.45) is 0 Å². The summed E-state index contributed by atoms with van der Waals surface area (Å²) in [5.74, 6) is 0. The molecule has 1 heterocycles. The highest BCUT2D eigenvalue weighted by Crippen LogP contribution is 2.30. The number of nitriles is 1. The Labute approximate surface area is 98.8 Å². The number of hydrogen-bond donors (Lipinski definition) is 1. The molecule has 78 valence electrons. The van der Waals surface area contributed by atoms with Gasteiger partial charge in [0.15, 0.2) is 0 Å². The zero-order chi connectivity index (χ0) is 11.4. The summed E-state index contributed by atoms with van der Waals surface area (Å²) >= 11 is 6.12. The monoisotopic (exact) mass is 228 g/mol. The maximum Gasteiger partial charge on any atom is 0.0912 e. The van der Waals surface area contributed by atoms with E-state index in [0.29, 0.717) is 5.02 Å². The van der Waals surface area contributed by atoms with Gasteiger partial charge in [0.2, 0.25) is 0 Å². The fourth-order valence-electron chi connectivity index (χ4n) is 1.55. The summed E-state index contributed by atoms with van der Waals surface area (Å²) in [7, 11) is 0. The van der Waals surface area contributed by atoms with Crippen LogP contribution in [0, 0.1) is 11.3 Å². The van der Waals surface area contributed by atoms with Gasteiger partial charge in [0.25, 0.3) is 0 Å². The van der Waals surface area contributed by atoms with E-state index in [4.69, 9.17) is 16.9 Å². The predicted octanol–water partition coefficient (Wildman–Crippen LogP) is 3.87. The lowest BCUT2D eigenvalue weighted by Crippen LogP contribution is -1.78. The van der Waals surface area contributed by atoms with Gasteiger partial charge >= 0.3 is 0 Å². The van der Waals surface area contributed by atoms with Crippen molar-refractivity contribution in [3.63, 3.8) is 0 Å². The molecule has 0 atom stereocenters. The summed E-state index contributed by atoms with van der Waals surface area (Å²) in [6.45, 7) is 0. The first-order valence-electron chi connectivity index (χ1n) is 4.81. The van der Waals surface area contributed by atoms with Gasteiger partial charge in [-0.2, -0.15) is 5.26 Å². The Morgan fingerprint density at radius 3 is 2.75 bits per heavy atom. The van der Waals surface area contributed by atoms with E-state index in [0.717, 1.165) is 16.7 Å². The highest BCUT2D eigenvalue weighted by Gasteiger charge is 2.06. The number of rotatable bonds is 2. The lowest BCUT2D eigenvalue weighted by Gasteiger charge is -2.02. The SMILES string of the molecule is N#C/C=C/c1c[nH]cc1-c1ccccc1Cl. The van der Waals surface area contributed by atoms with Crippen molar-refractivity contribution in [2.75, 3.05) is 0 Å². The molecule has 0 aliphatic carbocycles. The van der Waals surface area contributed by atoms with Crippen molar-refractivity contribution >= 4 is 17.7 Å². The molecule has 0 radical (unpaired) electrons. The molecular weight excluding hydrogens is 220 g/mol.